The second-order valence-corrected chi connectivity index (χ2v) is 9.23. The van der Waals surface area contributed by atoms with E-state index in [2.05, 4.69) is 15.1 Å². The summed E-state index contributed by atoms with van der Waals surface area (Å²) in [6.45, 7) is 4.48. The summed E-state index contributed by atoms with van der Waals surface area (Å²) < 4.78 is 58.2. The van der Waals surface area contributed by atoms with Crippen molar-refractivity contribution in [2.75, 3.05) is 25.2 Å². The molecule has 11 heteroatoms. The van der Waals surface area contributed by atoms with Crippen LogP contribution >= 0.6 is 0 Å². The van der Waals surface area contributed by atoms with Gasteiger partial charge in [-0.05, 0) is 63.4 Å². The molecule has 8 nitrogen and oxygen atoms in total. The summed E-state index contributed by atoms with van der Waals surface area (Å²) in [5.41, 5.74) is 0.953. The lowest BCUT2D eigenvalue weighted by Gasteiger charge is -2.37. The maximum atomic E-state index is 14.1. The molecular formula is C27H27F3N4O4. The lowest BCUT2D eigenvalue weighted by atomic mass is 9.99. The summed E-state index contributed by atoms with van der Waals surface area (Å²) in [6.07, 6.45) is -1.85. The second-order valence-electron chi connectivity index (χ2n) is 9.23. The van der Waals surface area contributed by atoms with Gasteiger partial charge in [0.25, 0.3) is 5.89 Å². The van der Waals surface area contributed by atoms with E-state index in [4.69, 9.17) is 14.0 Å². The third kappa shape index (κ3) is 4.80. The van der Waals surface area contributed by atoms with Crippen molar-refractivity contribution in [3.05, 3.63) is 47.7 Å². The van der Waals surface area contributed by atoms with E-state index in [0.717, 1.165) is 25.3 Å². The molecule has 2 aromatic carbocycles. The van der Waals surface area contributed by atoms with Crippen LogP contribution in [0.3, 0.4) is 0 Å². The Morgan fingerprint density at radius 2 is 2.03 bits per heavy atom. The first-order valence-corrected chi connectivity index (χ1v) is 12.4. The molecule has 200 valence electrons. The van der Waals surface area contributed by atoms with E-state index in [1.807, 2.05) is 11.8 Å². The van der Waals surface area contributed by atoms with Crippen molar-refractivity contribution in [1.82, 2.24) is 15.1 Å². The Hall–Kier alpha value is -4.02. The van der Waals surface area contributed by atoms with Gasteiger partial charge in [-0.2, -0.15) is 18.2 Å². The molecule has 1 atom stereocenters. The number of aromatic nitrogens is 3. The Labute approximate surface area is 216 Å². The zero-order chi connectivity index (χ0) is 27.0. The van der Waals surface area contributed by atoms with Gasteiger partial charge in [0.2, 0.25) is 5.82 Å². The third-order valence-electron chi connectivity index (χ3n) is 6.76. The van der Waals surface area contributed by atoms with E-state index in [1.54, 1.807) is 31.2 Å². The van der Waals surface area contributed by atoms with E-state index in [-0.39, 0.29) is 41.3 Å². The predicted octanol–water partition coefficient (Wildman–Crippen LogP) is 6.47. The number of carbonyl (C=O) groups excluding carboxylic acids is 1. The molecule has 3 heterocycles. The number of fused-ring (bicyclic) bond motifs is 1. The van der Waals surface area contributed by atoms with Gasteiger partial charge in [-0.1, -0.05) is 5.16 Å². The predicted molar refractivity (Wildman–Crippen MR) is 135 cm³/mol. The maximum absolute atomic E-state index is 14.1. The molecule has 1 N–H and O–H groups in total. The molecule has 5 rings (SSSR count). The number of anilines is 1. The van der Waals surface area contributed by atoms with Crippen molar-refractivity contribution in [1.29, 1.82) is 0 Å². The zero-order valence-electron chi connectivity index (χ0n) is 21.2. The molecular weight excluding hydrogens is 501 g/mol. The lowest BCUT2D eigenvalue weighted by Crippen LogP contribution is -2.38. The SMILES string of the molecule is CCOC(=O)c1cc2cc(-c3noc(-c4ccc(N5CCCCC5C)c(C(F)(F)F)c4)n3)c(OC)cc2[nH]1. The van der Waals surface area contributed by atoms with Crippen LogP contribution in [0.5, 0.6) is 5.75 Å². The van der Waals surface area contributed by atoms with Crippen LogP contribution in [0.2, 0.25) is 0 Å². The molecule has 1 unspecified atom stereocenters. The number of esters is 1. The van der Waals surface area contributed by atoms with Gasteiger partial charge in [0.1, 0.15) is 11.4 Å². The number of rotatable bonds is 6. The number of aromatic amines is 1. The number of piperidine rings is 1. The van der Waals surface area contributed by atoms with Crippen LogP contribution < -0.4 is 9.64 Å². The van der Waals surface area contributed by atoms with E-state index in [0.29, 0.717) is 28.8 Å². The standard InChI is InChI=1S/C27H27F3N4O4/c1-4-37-26(35)21-13-17-11-18(23(36-3)14-20(17)31-21)24-32-25(38-33-24)16-8-9-22(19(12-16)27(28,29)30)34-10-6-5-7-15(34)2/h8-9,11-15,31H,4-7,10H2,1-3H3. The van der Waals surface area contributed by atoms with Crippen LogP contribution in [-0.2, 0) is 10.9 Å². The number of hydrogen-bond donors (Lipinski definition) is 1. The minimum Gasteiger partial charge on any atom is -0.496 e. The Bertz CT molecular complexity index is 1480. The van der Waals surface area contributed by atoms with Gasteiger partial charge in [0, 0.05) is 40.8 Å². The molecule has 0 spiro atoms. The number of carbonyl (C=O) groups is 1. The van der Waals surface area contributed by atoms with Gasteiger partial charge in [-0.25, -0.2) is 4.79 Å². The minimum atomic E-state index is -4.55. The summed E-state index contributed by atoms with van der Waals surface area (Å²) in [5.74, 6) is -0.00598. The highest BCUT2D eigenvalue weighted by molar-refractivity contribution is 5.97. The topological polar surface area (TPSA) is 93.5 Å². The highest BCUT2D eigenvalue weighted by Gasteiger charge is 2.37. The quantitative estimate of drug-likeness (QED) is 0.287. The van der Waals surface area contributed by atoms with Crippen LogP contribution in [0.25, 0.3) is 33.7 Å². The van der Waals surface area contributed by atoms with Crippen molar-refractivity contribution in [2.24, 2.45) is 0 Å². The average Bonchev–Trinajstić information content (AvgIpc) is 3.55. The molecule has 1 saturated heterocycles. The number of nitrogens with one attached hydrogen (secondary N) is 1. The van der Waals surface area contributed by atoms with E-state index < -0.39 is 17.7 Å². The number of halogens is 3. The van der Waals surface area contributed by atoms with Crippen molar-refractivity contribution in [3.8, 4) is 28.6 Å². The second kappa shape index (κ2) is 10.0. The first kappa shape index (κ1) is 25.6. The number of hydrogen-bond acceptors (Lipinski definition) is 7. The number of H-pyrrole nitrogens is 1. The number of benzene rings is 2. The molecule has 0 aliphatic carbocycles. The zero-order valence-corrected chi connectivity index (χ0v) is 21.2. The summed E-state index contributed by atoms with van der Waals surface area (Å²) in [7, 11) is 1.47. The summed E-state index contributed by atoms with van der Waals surface area (Å²) in [4.78, 5) is 21.3. The highest BCUT2D eigenvalue weighted by atomic mass is 19.4. The first-order valence-electron chi connectivity index (χ1n) is 12.4. The smallest absolute Gasteiger partial charge is 0.418 e. The average molecular weight is 529 g/mol. The molecule has 38 heavy (non-hydrogen) atoms. The highest BCUT2D eigenvalue weighted by Crippen LogP contribution is 2.41. The monoisotopic (exact) mass is 528 g/mol. The van der Waals surface area contributed by atoms with Gasteiger partial charge in [-0.3, -0.25) is 0 Å². The van der Waals surface area contributed by atoms with Crippen molar-refractivity contribution in [2.45, 2.75) is 45.3 Å². The minimum absolute atomic E-state index is 0.0193. The van der Waals surface area contributed by atoms with Crippen LogP contribution in [0.15, 0.2) is 40.9 Å². The Kier molecular flexibility index (Phi) is 6.77. The molecule has 0 saturated carbocycles. The number of methoxy groups -OCH3 is 1. The fourth-order valence-corrected chi connectivity index (χ4v) is 4.88. The molecule has 4 aromatic rings. The molecule has 1 fully saturated rings. The third-order valence-corrected chi connectivity index (χ3v) is 6.76. The van der Waals surface area contributed by atoms with Gasteiger partial charge in [-0.15, -0.1) is 0 Å². The molecule has 0 bridgehead atoms. The van der Waals surface area contributed by atoms with Crippen molar-refractivity contribution >= 4 is 22.6 Å². The van der Waals surface area contributed by atoms with Gasteiger partial charge < -0.3 is 23.9 Å². The number of alkyl halides is 3. The van der Waals surface area contributed by atoms with Crippen LogP contribution in [0.4, 0.5) is 18.9 Å². The molecule has 1 aliphatic rings. The molecule has 2 aromatic heterocycles. The molecule has 1 aliphatic heterocycles. The van der Waals surface area contributed by atoms with E-state index in [1.165, 1.54) is 13.2 Å². The van der Waals surface area contributed by atoms with Crippen LogP contribution in [0, 0.1) is 0 Å². The summed E-state index contributed by atoms with van der Waals surface area (Å²) >= 11 is 0. The van der Waals surface area contributed by atoms with Gasteiger partial charge in [0.15, 0.2) is 0 Å². The van der Waals surface area contributed by atoms with Crippen LogP contribution in [0.1, 0.15) is 49.2 Å². The van der Waals surface area contributed by atoms with Crippen molar-refractivity contribution in [3.63, 3.8) is 0 Å². The molecule has 0 amide bonds. The molecule has 0 radical (unpaired) electrons. The fourth-order valence-electron chi connectivity index (χ4n) is 4.88. The van der Waals surface area contributed by atoms with Crippen LogP contribution in [-0.4, -0.2) is 47.4 Å². The van der Waals surface area contributed by atoms with Gasteiger partial charge in [0.05, 0.1) is 24.8 Å². The Balaban J connectivity index is 1.52. The largest absolute Gasteiger partial charge is 0.496 e. The Morgan fingerprint density at radius 1 is 1.21 bits per heavy atom. The van der Waals surface area contributed by atoms with E-state index >= 15 is 0 Å². The van der Waals surface area contributed by atoms with E-state index in [9.17, 15) is 18.0 Å². The van der Waals surface area contributed by atoms with Crippen molar-refractivity contribution < 1.29 is 32.0 Å². The summed E-state index contributed by atoms with van der Waals surface area (Å²) in [5, 5.41) is 4.68. The Morgan fingerprint density at radius 3 is 2.74 bits per heavy atom. The number of ether oxygens (including phenoxy) is 2. The fraction of sp³-hybridized carbons (Fsp3) is 0.370. The van der Waals surface area contributed by atoms with Gasteiger partial charge >= 0.3 is 12.1 Å². The number of nitrogens with zero attached hydrogens (tertiary/aromatic N) is 3. The summed E-state index contributed by atoms with van der Waals surface area (Å²) in [6, 6.07) is 9.16. The first-order chi connectivity index (χ1) is 18.2. The lowest BCUT2D eigenvalue weighted by molar-refractivity contribution is -0.137. The maximum Gasteiger partial charge on any atom is 0.418 e. The normalized spacial score (nSPS) is 16.2.